The normalized spacial score (nSPS) is 27.7. The van der Waals surface area contributed by atoms with Crippen molar-refractivity contribution in [2.45, 2.75) is 70.5 Å². The molecule has 1 aliphatic rings. The number of unbranched alkanes of at least 4 members (excludes halogenated alkanes) is 2. The van der Waals surface area contributed by atoms with Crippen LogP contribution >= 0.6 is 0 Å². The Balaban J connectivity index is 2.37. The smallest absolute Gasteiger partial charge is 0.412 e. The Labute approximate surface area is 177 Å². The fourth-order valence-electron chi connectivity index (χ4n) is 3.50. The van der Waals surface area contributed by atoms with Gasteiger partial charge in [-0.15, -0.1) is 0 Å². The van der Waals surface area contributed by atoms with Crippen LogP contribution in [0.4, 0.5) is 15.0 Å². The molecule has 1 aromatic heterocycles. The van der Waals surface area contributed by atoms with Crippen LogP contribution in [0.25, 0.3) is 0 Å². The van der Waals surface area contributed by atoms with Gasteiger partial charge < -0.3 is 19.7 Å². The highest BCUT2D eigenvalue weighted by Crippen LogP contribution is 2.46. The third-order valence-electron chi connectivity index (χ3n) is 5.29. The van der Waals surface area contributed by atoms with E-state index in [2.05, 4.69) is 4.98 Å². The summed E-state index contributed by atoms with van der Waals surface area (Å²) in [5.41, 5.74) is -6.78. The minimum atomic E-state index is -2.89. The van der Waals surface area contributed by atoms with E-state index in [0.29, 0.717) is 17.2 Å². The number of ether oxygens (including phenoxy) is 2. The number of Topliss-reactive ketones (excluding diaryl/α,β-unsaturated/α-hetero) is 2. The Morgan fingerprint density at radius 2 is 1.87 bits per heavy atom. The van der Waals surface area contributed by atoms with Crippen molar-refractivity contribution >= 4 is 23.5 Å². The van der Waals surface area contributed by atoms with Gasteiger partial charge >= 0.3 is 11.8 Å². The molecule has 0 bridgehead atoms. The fraction of sp³-hybridized carbons (Fsp3) is 0.632. The van der Waals surface area contributed by atoms with Gasteiger partial charge in [0.15, 0.2) is 35.0 Å². The predicted molar refractivity (Wildman–Crippen MR) is 104 cm³/mol. The van der Waals surface area contributed by atoms with Gasteiger partial charge in [0.25, 0.3) is 0 Å². The van der Waals surface area contributed by atoms with Gasteiger partial charge in [0.2, 0.25) is 5.60 Å². The number of hydrogen-bond acceptors (Lipinski definition) is 9. The van der Waals surface area contributed by atoms with Gasteiger partial charge in [-0.3, -0.25) is 19.5 Å². The second kappa shape index (κ2) is 9.20. The molecular formula is C19H26FN3O8. The van der Waals surface area contributed by atoms with Gasteiger partial charge in [-0.25, -0.2) is 14.0 Å². The van der Waals surface area contributed by atoms with Crippen molar-refractivity contribution in [3.05, 3.63) is 22.5 Å². The summed E-state index contributed by atoms with van der Waals surface area (Å²) < 4.78 is 25.2. The molecule has 2 rings (SSSR count). The number of carbonyl (C=O) groups is 3. The molecule has 0 spiro atoms. The summed E-state index contributed by atoms with van der Waals surface area (Å²) in [5, 5.41) is 23.7. The van der Waals surface area contributed by atoms with E-state index in [-0.39, 0.29) is 6.61 Å². The minimum Gasteiger partial charge on any atom is -0.449 e. The molecule has 0 unspecified atom stereocenters. The lowest BCUT2D eigenvalue weighted by molar-refractivity contribution is -0.180. The SMILES string of the molecule is CCCCCOC(=O)Nc1nc(=O)n([C@@H]2O[C@H](C)[C@](O)(C(C)=O)[C@]2(O)C(C)=O)cc1F. The Bertz CT molecular complexity index is 935. The largest absolute Gasteiger partial charge is 0.449 e. The van der Waals surface area contributed by atoms with Crippen molar-refractivity contribution in [2.75, 3.05) is 11.9 Å². The number of rotatable bonds is 8. The number of nitrogens with zero attached hydrogens (tertiary/aromatic N) is 2. The van der Waals surface area contributed by atoms with Crippen LogP contribution in [-0.4, -0.2) is 61.3 Å². The maximum absolute atomic E-state index is 14.5. The van der Waals surface area contributed by atoms with E-state index in [0.717, 1.165) is 26.7 Å². The first-order chi connectivity index (χ1) is 14.4. The molecule has 1 amide bonds. The Hall–Kier alpha value is -2.70. The highest BCUT2D eigenvalue weighted by atomic mass is 19.1. The number of nitrogens with one attached hydrogen (secondary N) is 1. The average molecular weight is 443 g/mol. The molecule has 4 atom stereocenters. The zero-order chi connectivity index (χ0) is 23.6. The Morgan fingerprint density at radius 3 is 2.42 bits per heavy atom. The quantitative estimate of drug-likeness (QED) is 0.491. The molecule has 3 N–H and O–H groups in total. The minimum absolute atomic E-state index is 0.0986. The third kappa shape index (κ3) is 4.23. The van der Waals surface area contributed by atoms with Crippen LogP contribution in [0.1, 0.15) is 53.2 Å². The van der Waals surface area contributed by atoms with E-state index in [1.807, 2.05) is 12.2 Å². The van der Waals surface area contributed by atoms with E-state index in [1.54, 1.807) is 0 Å². The summed E-state index contributed by atoms with van der Waals surface area (Å²) >= 11 is 0. The van der Waals surface area contributed by atoms with E-state index in [1.165, 1.54) is 6.92 Å². The van der Waals surface area contributed by atoms with Crippen molar-refractivity contribution < 1.29 is 38.5 Å². The van der Waals surface area contributed by atoms with Crippen LogP contribution in [0.2, 0.25) is 0 Å². The van der Waals surface area contributed by atoms with Gasteiger partial charge in [0.1, 0.15) is 0 Å². The van der Waals surface area contributed by atoms with Crippen LogP contribution in [0.3, 0.4) is 0 Å². The number of halogens is 1. The summed E-state index contributed by atoms with van der Waals surface area (Å²) in [4.78, 5) is 51.9. The van der Waals surface area contributed by atoms with Crippen LogP contribution in [-0.2, 0) is 19.1 Å². The molecular weight excluding hydrogens is 417 g/mol. The number of amides is 1. The van der Waals surface area contributed by atoms with E-state index in [4.69, 9.17) is 9.47 Å². The van der Waals surface area contributed by atoms with E-state index < -0.39 is 58.5 Å². The van der Waals surface area contributed by atoms with Gasteiger partial charge in [0, 0.05) is 0 Å². The highest BCUT2D eigenvalue weighted by Gasteiger charge is 2.70. The maximum Gasteiger partial charge on any atom is 0.412 e. The highest BCUT2D eigenvalue weighted by molar-refractivity contribution is 5.98. The van der Waals surface area contributed by atoms with Gasteiger partial charge in [-0.2, -0.15) is 4.98 Å². The van der Waals surface area contributed by atoms with Gasteiger partial charge in [0.05, 0.1) is 18.9 Å². The molecule has 0 saturated carbocycles. The molecule has 1 aliphatic heterocycles. The first-order valence-electron chi connectivity index (χ1n) is 9.75. The standard InChI is InChI=1S/C19H26FN3O8/c1-5-6-7-8-30-17(27)22-14-13(20)9-23(16(26)21-14)15-19(29,11(3)25)18(28,10(2)24)12(4)31-15/h9,12,15,28-29H,5-8H2,1-4H3,(H,21,22,26,27)/t12-,15-,18-,19+/m1/s1. The number of carbonyl (C=O) groups excluding carboxylic acids is 3. The second-order valence-corrected chi connectivity index (χ2v) is 7.37. The van der Waals surface area contributed by atoms with Crippen LogP contribution in [0.15, 0.2) is 11.0 Å². The van der Waals surface area contributed by atoms with Crippen molar-refractivity contribution in [3.63, 3.8) is 0 Å². The summed E-state index contributed by atoms with van der Waals surface area (Å²) in [5.74, 6) is -4.00. The fourth-order valence-corrected chi connectivity index (χ4v) is 3.50. The summed E-state index contributed by atoms with van der Waals surface area (Å²) in [6.07, 6.45) is -1.47. The topological polar surface area (TPSA) is 157 Å². The second-order valence-electron chi connectivity index (χ2n) is 7.37. The van der Waals surface area contributed by atoms with E-state index >= 15 is 0 Å². The molecule has 1 saturated heterocycles. The summed E-state index contributed by atoms with van der Waals surface area (Å²) in [6, 6.07) is 0. The number of aromatic nitrogens is 2. The van der Waals surface area contributed by atoms with E-state index in [9.17, 15) is 33.8 Å². The molecule has 12 heteroatoms. The number of hydrogen-bond donors (Lipinski definition) is 3. The lowest BCUT2D eigenvalue weighted by Gasteiger charge is -2.36. The first kappa shape index (κ1) is 24.6. The zero-order valence-corrected chi connectivity index (χ0v) is 17.7. The van der Waals surface area contributed by atoms with Crippen molar-refractivity contribution in [3.8, 4) is 0 Å². The number of anilines is 1. The van der Waals surface area contributed by atoms with Crippen LogP contribution in [0, 0.1) is 5.82 Å². The average Bonchev–Trinajstić information content (AvgIpc) is 2.90. The molecule has 31 heavy (non-hydrogen) atoms. The molecule has 11 nitrogen and oxygen atoms in total. The number of ketones is 2. The molecule has 1 fully saturated rings. The Morgan fingerprint density at radius 1 is 1.26 bits per heavy atom. The molecule has 0 radical (unpaired) electrons. The Kier molecular flexibility index (Phi) is 7.29. The first-order valence-corrected chi connectivity index (χ1v) is 9.75. The molecule has 1 aromatic rings. The monoisotopic (exact) mass is 443 g/mol. The predicted octanol–water partition coefficient (Wildman–Crippen LogP) is 0.679. The number of aliphatic hydroxyl groups is 2. The van der Waals surface area contributed by atoms with Crippen LogP contribution in [0.5, 0.6) is 0 Å². The summed E-state index contributed by atoms with van der Waals surface area (Å²) in [6.45, 7) is 5.11. The van der Waals surface area contributed by atoms with Crippen molar-refractivity contribution in [1.82, 2.24) is 9.55 Å². The van der Waals surface area contributed by atoms with Crippen LogP contribution < -0.4 is 11.0 Å². The lowest BCUT2D eigenvalue weighted by Crippen LogP contribution is -2.65. The maximum atomic E-state index is 14.5. The molecule has 0 aliphatic carbocycles. The lowest BCUT2D eigenvalue weighted by atomic mass is 9.75. The van der Waals surface area contributed by atoms with Gasteiger partial charge in [-0.1, -0.05) is 19.8 Å². The van der Waals surface area contributed by atoms with Crippen molar-refractivity contribution in [1.29, 1.82) is 0 Å². The third-order valence-corrected chi connectivity index (χ3v) is 5.29. The zero-order valence-electron chi connectivity index (χ0n) is 17.7. The molecule has 2 heterocycles. The molecule has 0 aromatic carbocycles. The summed E-state index contributed by atoms with van der Waals surface area (Å²) in [7, 11) is 0. The van der Waals surface area contributed by atoms with Gasteiger partial charge in [-0.05, 0) is 27.2 Å². The molecule has 172 valence electrons. The van der Waals surface area contributed by atoms with Crippen molar-refractivity contribution in [2.24, 2.45) is 0 Å².